The topological polar surface area (TPSA) is 12.0 Å². The molecule has 0 saturated heterocycles. The summed E-state index contributed by atoms with van der Waals surface area (Å²) in [6, 6.07) is 9.73. The van der Waals surface area contributed by atoms with E-state index in [9.17, 15) is 8.78 Å². The average molecular weight is 275 g/mol. The second-order valence-corrected chi connectivity index (χ2v) is 5.30. The standard InChI is InChI=1S/C17H19F2N/c1-11(2)20-10-13-9-15(19)5-7-17(13)16-6-4-14(18)8-12(16)3/h4-9,11,20H,10H2,1-3H3. The molecule has 0 aromatic heterocycles. The molecular formula is C17H19F2N. The zero-order chi connectivity index (χ0) is 14.7. The Hall–Kier alpha value is -1.74. The van der Waals surface area contributed by atoms with Crippen molar-refractivity contribution in [3.05, 3.63) is 59.2 Å². The fourth-order valence-electron chi connectivity index (χ4n) is 2.21. The Bertz CT molecular complexity index is 606. The van der Waals surface area contributed by atoms with Gasteiger partial charge in [0.15, 0.2) is 0 Å². The highest BCUT2D eigenvalue weighted by atomic mass is 19.1. The smallest absolute Gasteiger partial charge is 0.123 e. The second kappa shape index (κ2) is 6.14. The molecule has 2 aromatic carbocycles. The Morgan fingerprint density at radius 3 is 2.15 bits per heavy atom. The molecule has 0 aliphatic rings. The highest BCUT2D eigenvalue weighted by molar-refractivity contribution is 5.70. The molecule has 0 bridgehead atoms. The van der Waals surface area contributed by atoms with Gasteiger partial charge in [0.2, 0.25) is 0 Å². The summed E-state index contributed by atoms with van der Waals surface area (Å²) in [6.45, 7) is 6.53. The molecule has 2 rings (SSSR count). The molecule has 3 heteroatoms. The van der Waals surface area contributed by atoms with E-state index in [4.69, 9.17) is 0 Å². The maximum atomic E-state index is 13.5. The molecule has 0 amide bonds. The summed E-state index contributed by atoms with van der Waals surface area (Å²) in [6.07, 6.45) is 0. The van der Waals surface area contributed by atoms with Crippen LogP contribution in [0.25, 0.3) is 11.1 Å². The fourth-order valence-corrected chi connectivity index (χ4v) is 2.21. The molecule has 0 unspecified atom stereocenters. The van der Waals surface area contributed by atoms with Crippen LogP contribution >= 0.6 is 0 Å². The van der Waals surface area contributed by atoms with E-state index in [2.05, 4.69) is 5.32 Å². The Labute approximate surface area is 118 Å². The van der Waals surface area contributed by atoms with Crippen molar-refractivity contribution in [1.82, 2.24) is 5.32 Å². The van der Waals surface area contributed by atoms with E-state index < -0.39 is 0 Å². The Morgan fingerprint density at radius 2 is 1.55 bits per heavy atom. The summed E-state index contributed by atoms with van der Waals surface area (Å²) in [5.74, 6) is -0.510. The van der Waals surface area contributed by atoms with E-state index in [1.165, 1.54) is 24.3 Å². The lowest BCUT2D eigenvalue weighted by molar-refractivity contribution is 0.582. The first kappa shape index (κ1) is 14.7. The van der Waals surface area contributed by atoms with Gasteiger partial charge in [-0.3, -0.25) is 0 Å². The zero-order valence-electron chi connectivity index (χ0n) is 12.0. The van der Waals surface area contributed by atoms with Gasteiger partial charge < -0.3 is 5.32 Å². The highest BCUT2D eigenvalue weighted by Crippen LogP contribution is 2.28. The minimum absolute atomic E-state index is 0.254. The third-order valence-corrected chi connectivity index (χ3v) is 3.25. The summed E-state index contributed by atoms with van der Waals surface area (Å²) in [4.78, 5) is 0. The van der Waals surface area contributed by atoms with Gasteiger partial charge in [0.25, 0.3) is 0 Å². The van der Waals surface area contributed by atoms with Gasteiger partial charge in [-0.05, 0) is 53.4 Å². The molecule has 0 aliphatic heterocycles. The first-order chi connectivity index (χ1) is 9.47. The Kier molecular flexibility index (Phi) is 4.50. The van der Waals surface area contributed by atoms with Crippen LogP contribution in [0, 0.1) is 18.6 Å². The molecule has 0 spiro atoms. The normalized spacial score (nSPS) is 11.1. The van der Waals surface area contributed by atoms with Gasteiger partial charge in [0, 0.05) is 12.6 Å². The molecule has 1 nitrogen and oxygen atoms in total. The van der Waals surface area contributed by atoms with E-state index in [0.29, 0.717) is 12.6 Å². The number of rotatable bonds is 4. The van der Waals surface area contributed by atoms with Crippen LogP contribution in [0.3, 0.4) is 0 Å². The van der Waals surface area contributed by atoms with Crippen molar-refractivity contribution in [3.63, 3.8) is 0 Å². The predicted molar refractivity (Wildman–Crippen MR) is 78.5 cm³/mol. The highest BCUT2D eigenvalue weighted by Gasteiger charge is 2.10. The largest absolute Gasteiger partial charge is 0.310 e. The summed E-state index contributed by atoms with van der Waals surface area (Å²) in [5.41, 5.74) is 3.61. The van der Waals surface area contributed by atoms with Crippen molar-refractivity contribution in [1.29, 1.82) is 0 Å². The van der Waals surface area contributed by atoms with E-state index in [1.807, 2.05) is 20.8 Å². The van der Waals surface area contributed by atoms with E-state index in [-0.39, 0.29) is 11.6 Å². The van der Waals surface area contributed by atoms with Crippen LogP contribution in [0.1, 0.15) is 25.0 Å². The van der Waals surface area contributed by atoms with Gasteiger partial charge in [-0.1, -0.05) is 26.0 Å². The summed E-state index contributed by atoms with van der Waals surface area (Å²) in [7, 11) is 0. The van der Waals surface area contributed by atoms with Crippen molar-refractivity contribution in [2.75, 3.05) is 0 Å². The van der Waals surface area contributed by atoms with Crippen LogP contribution in [0.15, 0.2) is 36.4 Å². The molecule has 0 atom stereocenters. The van der Waals surface area contributed by atoms with Crippen LogP contribution < -0.4 is 5.32 Å². The maximum Gasteiger partial charge on any atom is 0.123 e. The number of hydrogen-bond acceptors (Lipinski definition) is 1. The SMILES string of the molecule is Cc1cc(F)ccc1-c1ccc(F)cc1CNC(C)C. The maximum absolute atomic E-state index is 13.5. The number of halogens is 2. The molecule has 20 heavy (non-hydrogen) atoms. The van der Waals surface area contributed by atoms with E-state index in [0.717, 1.165) is 22.3 Å². The molecule has 0 heterocycles. The van der Waals surface area contributed by atoms with Crippen LogP contribution in [-0.4, -0.2) is 6.04 Å². The minimum atomic E-state index is -0.255. The lowest BCUT2D eigenvalue weighted by atomic mass is 9.95. The zero-order valence-corrected chi connectivity index (χ0v) is 12.0. The first-order valence-electron chi connectivity index (χ1n) is 6.75. The van der Waals surface area contributed by atoms with Crippen LogP contribution in [-0.2, 0) is 6.54 Å². The number of hydrogen-bond donors (Lipinski definition) is 1. The molecule has 0 aliphatic carbocycles. The fraction of sp³-hybridized carbons (Fsp3) is 0.294. The molecule has 0 fully saturated rings. The van der Waals surface area contributed by atoms with Gasteiger partial charge in [-0.25, -0.2) is 8.78 Å². The van der Waals surface area contributed by atoms with Crippen LogP contribution in [0.2, 0.25) is 0 Å². The predicted octanol–water partition coefficient (Wildman–Crippen LogP) is 4.44. The molecule has 0 radical (unpaired) electrons. The Morgan fingerprint density at radius 1 is 0.950 bits per heavy atom. The van der Waals surface area contributed by atoms with Crippen molar-refractivity contribution in [2.24, 2.45) is 0 Å². The number of benzene rings is 2. The van der Waals surface area contributed by atoms with Crippen molar-refractivity contribution in [3.8, 4) is 11.1 Å². The summed E-state index contributed by atoms with van der Waals surface area (Å²) < 4.78 is 26.7. The van der Waals surface area contributed by atoms with Gasteiger partial charge in [-0.2, -0.15) is 0 Å². The lowest BCUT2D eigenvalue weighted by Crippen LogP contribution is -2.22. The third kappa shape index (κ3) is 3.42. The van der Waals surface area contributed by atoms with Gasteiger partial charge in [0.05, 0.1) is 0 Å². The monoisotopic (exact) mass is 275 g/mol. The van der Waals surface area contributed by atoms with Crippen LogP contribution in [0.5, 0.6) is 0 Å². The van der Waals surface area contributed by atoms with Crippen molar-refractivity contribution in [2.45, 2.75) is 33.4 Å². The Balaban J connectivity index is 2.44. The van der Waals surface area contributed by atoms with Gasteiger partial charge in [-0.15, -0.1) is 0 Å². The van der Waals surface area contributed by atoms with Crippen LogP contribution in [0.4, 0.5) is 8.78 Å². The third-order valence-electron chi connectivity index (χ3n) is 3.25. The quantitative estimate of drug-likeness (QED) is 0.870. The molecule has 0 saturated carbocycles. The molecule has 106 valence electrons. The minimum Gasteiger partial charge on any atom is -0.310 e. The summed E-state index contributed by atoms with van der Waals surface area (Å²) in [5, 5.41) is 3.29. The second-order valence-electron chi connectivity index (χ2n) is 5.30. The van der Waals surface area contributed by atoms with Gasteiger partial charge >= 0.3 is 0 Å². The lowest BCUT2D eigenvalue weighted by Gasteiger charge is -2.14. The van der Waals surface area contributed by atoms with E-state index in [1.54, 1.807) is 12.1 Å². The average Bonchev–Trinajstić information content (AvgIpc) is 2.37. The summed E-state index contributed by atoms with van der Waals surface area (Å²) >= 11 is 0. The van der Waals surface area contributed by atoms with E-state index >= 15 is 0 Å². The number of aryl methyl sites for hydroxylation is 1. The van der Waals surface area contributed by atoms with Gasteiger partial charge in [0.1, 0.15) is 11.6 Å². The number of nitrogens with one attached hydrogen (secondary N) is 1. The molecule has 1 N–H and O–H groups in total. The molecular weight excluding hydrogens is 256 g/mol. The first-order valence-corrected chi connectivity index (χ1v) is 6.75. The van der Waals surface area contributed by atoms with Crippen molar-refractivity contribution < 1.29 is 8.78 Å². The molecule has 2 aromatic rings. The van der Waals surface area contributed by atoms with Crippen molar-refractivity contribution >= 4 is 0 Å².